The Balaban J connectivity index is 1.97. The SMILES string of the molecule is COc1ccc(/C(O)=C2\C(=O)C(=O)N(c3cccc(NC(C)=O)c3)C2c2ccccc2OC)cc1C(C)C. The van der Waals surface area contributed by atoms with E-state index >= 15 is 0 Å². The first-order valence-corrected chi connectivity index (χ1v) is 12.2. The molecule has 8 heteroatoms. The number of para-hydroxylation sites is 1. The number of nitrogens with one attached hydrogen (secondary N) is 1. The number of rotatable bonds is 7. The van der Waals surface area contributed by atoms with Gasteiger partial charge in [-0.25, -0.2) is 0 Å². The minimum atomic E-state index is -0.983. The van der Waals surface area contributed by atoms with E-state index in [0.29, 0.717) is 34.0 Å². The average molecular weight is 515 g/mol. The zero-order valence-electron chi connectivity index (χ0n) is 21.9. The molecule has 3 aromatic carbocycles. The lowest BCUT2D eigenvalue weighted by atomic mass is 9.92. The van der Waals surface area contributed by atoms with Crippen LogP contribution in [0.5, 0.6) is 11.5 Å². The molecule has 1 atom stereocenters. The predicted octanol–water partition coefficient (Wildman–Crippen LogP) is 5.41. The van der Waals surface area contributed by atoms with Gasteiger partial charge in [-0.1, -0.05) is 38.1 Å². The van der Waals surface area contributed by atoms with Crippen molar-refractivity contribution in [1.29, 1.82) is 0 Å². The minimum Gasteiger partial charge on any atom is -0.507 e. The van der Waals surface area contributed by atoms with Gasteiger partial charge in [0.1, 0.15) is 17.3 Å². The van der Waals surface area contributed by atoms with E-state index in [4.69, 9.17) is 9.47 Å². The van der Waals surface area contributed by atoms with Gasteiger partial charge in [0.15, 0.2) is 0 Å². The molecule has 0 aliphatic carbocycles. The van der Waals surface area contributed by atoms with Crippen LogP contribution in [-0.2, 0) is 14.4 Å². The van der Waals surface area contributed by atoms with Gasteiger partial charge in [0.2, 0.25) is 5.91 Å². The van der Waals surface area contributed by atoms with Crippen LogP contribution in [0.4, 0.5) is 11.4 Å². The molecule has 1 aliphatic heterocycles. The van der Waals surface area contributed by atoms with Gasteiger partial charge < -0.3 is 19.9 Å². The van der Waals surface area contributed by atoms with Crippen molar-refractivity contribution in [2.45, 2.75) is 32.7 Å². The summed E-state index contributed by atoms with van der Waals surface area (Å²) in [6.07, 6.45) is 0. The Hall–Kier alpha value is -4.59. The number of aliphatic hydroxyl groups is 1. The fraction of sp³-hybridized carbons (Fsp3) is 0.233. The van der Waals surface area contributed by atoms with Crippen LogP contribution < -0.4 is 19.7 Å². The molecule has 1 saturated heterocycles. The first-order chi connectivity index (χ1) is 18.2. The van der Waals surface area contributed by atoms with Gasteiger partial charge in [0, 0.05) is 29.4 Å². The zero-order chi connectivity index (χ0) is 27.6. The molecule has 196 valence electrons. The Kier molecular flexibility index (Phi) is 7.52. The zero-order valence-corrected chi connectivity index (χ0v) is 21.9. The topological polar surface area (TPSA) is 105 Å². The third-order valence-corrected chi connectivity index (χ3v) is 6.45. The molecule has 2 amide bonds. The molecule has 2 N–H and O–H groups in total. The van der Waals surface area contributed by atoms with Crippen molar-refractivity contribution >= 4 is 34.7 Å². The van der Waals surface area contributed by atoms with E-state index in [1.807, 2.05) is 13.8 Å². The molecular weight excluding hydrogens is 484 g/mol. The number of ether oxygens (including phenoxy) is 2. The molecule has 38 heavy (non-hydrogen) atoms. The molecule has 8 nitrogen and oxygen atoms in total. The lowest BCUT2D eigenvalue weighted by Crippen LogP contribution is -2.29. The molecule has 0 saturated carbocycles. The normalized spacial score (nSPS) is 16.6. The van der Waals surface area contributed by atoms with Crippen LogP contribution in [0.2, 0.25) is 0 Å². The number of methoxy groups -OCH3 is 2. The van der Waals surface area contributed by atoms with Gasteiger partial charge in [0.25, 0.3) is 11.7 Å². The van der Waals surface area contributed by atoms with Gasteiger partial charge in [-0.15, -0.1) is 0 Å². The number of nitrogens with zero attached hydrogens (tertiary/aromatic N) is 1. The summed E-state index contributed by atoms with van der Waals surface area (Å²) in [5.74, 6) is -1.01. The predicted molar refractivity (Wildman–Crippen MR) is 146 cm³/mol. The third-order valence-electron chi connectivity index (χ3n) is 6.45. The second-order valence-corrected chi connectivity index (χ2v) is 9.25. The second kappa shape index (κ2) is 10.8. The van der Waals surface area contributed by atoms with E-state index < -0.39 is 17.7 Å². The van der Waals surface area contributed by atoms with E-state index in [1.54, 1.807) is 73.8 Å². The average Bonchev–Trinajstić information content (AvgIpc) is 3.17. The fourth-order valence-electron chi connectivity index (χ4n) is 4.71. The number of carbonyl (C=O) groups excluding carboxylic acids is 3. The van der Waals surface area contributed by atoms with Crippen LogP contribution >= 0.6 is 0 Å². The highest BCUT2D eigenvalue weighted by Gasteiger charge is 2.48. The number of amides is 2. The largest absolute Gasteiger partial charge is 0.507 e. The highest BCUT2D eigenvalue weighted by Crippen LogP contribution is 2.45. The van der Waals surface area contributed by atoms with Crippen LogP contribution in [0, 0.1) is 0 Å². The first-order valence-electron chi connectivity index (χ1n) is 12.2. The molecule has 4 rings (SSSR count). The quantitative estimate of drug-likeness (QED) is 0.248. The van der Waals surface area contributed by atoms with Crippen molar-refractivity contribution in [2.24, 2.45) is 0 Å². The highest BCUT2D eigenvalue weighted by molar-refractivity contribution is 6.51. The molecule has 0 spiro atoms. The molecule has 0 radical (unpaired) electrons. The minimum absolute atomic E-state index is 0.0655. The molecule has 1 heterocycles. The van der Waals surface area contributed by atoms with Gasteiger partial charge in [-0.3, -0.25) is 19.3 Å². The van der Waals surface area contributed by atoms with E-state index in [1.165, 1.54) is 18.9 Å². The van der Waals surface area contributed by atoms with Crippen molar-refractivity contribution in [3.05, 3.63) is 89.0 Å². The highest BCUT2D eigenvalue weighted by atomic mass is 16.5. The first kappa shape index (κ1) is 26.5. The molecule has 3 aromatic rings. The number of ketones is 1. The van der Waals surface area contributed by atoms with E-state index in [9.17, 15) is 19.5 Å². The van der Waals surface area contributed by atoms with Crippen molar-refractivity contribution in [3.8, 4) is 11.5 Å². The van der Waals surface area contributed by atoms with E-state index in [2.05, 4.69) is 5.32 Å². The molecule has 1 fully saturated rings. The maximum atomic E-state index is 13.5. The molecule has 0 bridgehead atoms. The van der Waals surface area contributed by atoms with E-state index in [0.717, 1.165) is 5.56 Å². The Morgan fingerprint density at radius 3 is 2.32 bits per heavy atom. The van der Waals surface area contributed by atoms with Gasteiger partial charge in [-0.2, -0.15) is 0 Å². The summed E-state index contributed by atoms with van der Waals surface area (Å²) in [6, 6.07) is 17.9. The molecule has 0 aromatic heterocycles. The number of hydrogen-bond donors (Lipinski definition) is 2. The monoisotopic (exact) mass is 514 g/mol. The number of carbonyl (C=O) groups is 3. The maximum Gasteiger partial charge on any atom is 0.300 e. The second-order valence-electron chi connectivity index (χ2n) is 9.25. The van der Waals surface area contributed by atoms with Crippen LogP contribution in [0.15, 0.2) is 72.3 Å². The fourth-order valence-corrected chi connectivity index (χ4v) is 4.71. The molecular formula is C30H30N2O6. The summed E-state index contributed by atoms with van der Waals surface area (Å²) in [6.45, 7) is 5.38. The maximum absolute atomic E-state index is 13.5. The van der Waals surface area contributed by atoms with Crippen LogP contribution in [0.1, 0.15) is 49.4 Å². The Morgan fingerprint density at radius 2 is 1.66 bits per heavy atom. The summed E-state index contributed by atoms with van der Waals surface area (Å²) >= 11 is 0. The Bertz CT molecular complexity index is 1440. The van der Waals surface area contributed by atoms with E-state index in [-0.39, 0.29) is 23.2 Å². The van der Waals surface area contributed by atoms with Crippen LogP contribution in [-0.4, -0.2) is 36.9 Å². The summed E-state index contributed by atoms with van der Waals surface area (Å²) in [5, 5.41) is 14.3. The third kappa shape index (κ3) is 4.85. The number of hydrogen-bond acceptors (Lipinski definition) is 6. The number of anilines is 2. The number of benzene rings is 3. The standard InChI is InChI=1S/C30H30N2O6/c1-17(2)23-15-19(13-14-25(23)38-5)28(34)26-27(22-11-6-7-12-24(22)37-4)32(30(36)29(26)35)21-10-8-9-20(16-21)31-18(3)33/h6-17,27,34H,1-5H3,(H,31,33)/b28-26+. The summed E-state index contributed by atoms with van der Waals surface area (Å²) < 4.78 is 11.0. The Labute approximate surface area is 221 Å². The van der Waals surface area contributed by atoms with Crippen molar-refractivity contribution < 1.29 is 29.0 Å². The van der Waals surface area contributed by atoms with Crippen molar-refractivity contribution in [3.63, 3.8) is 0 Å². The van der Waals surface area contributed by atoms with Crippen LogP contribution in [0.3, 0.4) is 0 Å². The van der Waals surface area contributed by atoms with Gasteiger partial charge in [0.05, 0.1) is 25.8 Å². The summed E-state index contributed by atoms with van der Waals surface area (Å²) in [7, 11) is 3.07. The summed E-state index contributed by atoms with van der Waals surface area (Å²) in [5.41, 5.74) is 2.54. The molecule has 1 unspecified atom stereocenters. The molecule has 1 aliphatic rings. The van der Waals surface area contributed by atoms with Crippen molar-refractivity contribution in [1.82, 2.24) is 0 Å². The lowest BCUT2D eigenvalue weighted by molar-refractivity contribution is -0.132. The number of aliphatic hydroxyl groups excluding tert-OH is 1. The van der Waals surface area contributed by atoms with Gasteiger partial charge >= 0.3 is 0 Å². The van der Waals surface area contributed by atoms with Crippen LogP contribution in [0.25, 0.3) is 5.76 Å². The Morgan fingerprint density at radius 1 is 0.947 bits per heavy atom. The lowest BCUT2D eigenvalue weighted by Gasteiger charge is -2.27. The van der Waals surface area contributed by atoms with Crippen molar-refractivity contribution in [2.75, 3.05) is 24.4 Å². The smallest absolute Gasteiger partial charge is 0.300 e. The summed E-state index contributed by atoms with van der Waals surface area (Å²) in [4.78, 5) is 40.0. The number of Topliss-reactive ketones (excluding diaryl/α,β-unsaturated/α-hetero) is 1. The van der Waals surface area contributed by atoms with Gasteiger partial charge in [-0.05, 0) is 53.9 Å².